The first-order chi connectivity index (χ1) is 9.58. The Balaban J connectivity index is 0.00000400. The second-order valence-corrected chi connectivity index (χ2v) is 5.29. The van der Waals surface area contributed by atoms with Gasteiger partial charge < -0.3 is 15.8 Å². The van der Waals surface area contributed by atoms with Crippen molar-refractivity contribution in [1.82, 2.24) is 0 Å². The molecule has 4 nitrogen and oxygen atoms in total. The fraction of sp³-hybridized carbons (Fsp3) is 0.562. The van der Waals surface area contributed by atoms with Gasteiger partial charge in [0, 0.05) is 18.2 Å². The van der Waals surface area contributed by atoms with Crippen LogP contribution in [0.2, 0.25) is 0 Å². The van der Waals surface area contributed by atoms with Gasteiger partial charge in [-0.15, -0.1) is 12.4 Å². The van der Waals surface area contributed by atoms with Crippen molar-refractivity contribution >= 4 is 24.0 Å². The van der Waals surface area contributed by atoms with Crippen molar-refractivity contribution in [3.05, 3.63) is 24.3 Å². The maximum Gasteiger partial charge on any atom is 0.227 e. The lowest BCUT2D eigenvalue weighted by atomic mass is 9.90. The standard InChI is InChI=1S/C16H26N2O2.ClH/c1-4-5-15(12(2)3)16(19)18-13-6-8-14(9-7-13)20-11-10-17;/h6-9,12,15H,4-5,10-11,17H2,1-3H3,(H,18,19);1H. The molecule has 1 unspecified atom stereocenters. The Bertz CT molecular complexity index is 407. The van der Waals surface area contributed by atoms with Crippen molar-refractivity contribution in [3.8, 4) is 5.75 Å². The molecule has 0 aromatic heterocycles. The number of hydrogen-bond acceptors (Lipinski definition) is 3. The van der Waals surface area contributed by atoms with Crippen LogP contribution in [0.25, 0.3) is 0 Å². The molecule has 0 heterocycles. The molecule has 1 aromatic carbocycles. The number of hydrogen-bond donors (Lipinski definition) is 2. The Morgan fingerprint density at radius 1 is 1.29 bits per heavy atom. The van der Waals surface area contributed by atoms with Gasteiger partial charge in [0.2, 0.25) is 5.91 Å². The summed E-state index contributed by atoms with van der Waals surface area (Å²) in [5.41, 5.74) is 6.18. The minimum atomic E-state index is 0. The summed E-state index contributed by atoms with van der Waals surface area (Å²) in [4.78, 5) is 12.2. The monoisotopic (exact) mass is 314 g/mol. The molecular weight excluding hydrogens is 288 g/mol. The van der Waals surface area contributed by atoms with Crippen LogP contribution in [-0.2, 0) is 4.79 Å². The molecule has 1 amide bonds. The smallest absolute Gasteiger partial charge is 0.227 e. The summed E-state index contributed by atoms with van der Waals surface area (Å²) < 4.78 is 5.40. The zero-order valence-electron chi connectivity index (χ0n) is 13.1. The Hall–Kier alpha value is -1.26. The third-order valence-corrected chi connectivity index (χ3v) is 3.25. The zero-order valence-corrected chi connectivity index (χ0v) is 13.9. The fourth-order valence-corrected chi connectivity index (χ4v) is 2.12. The highest BCUT2D eigenvalue weighted by Crippen LogP contribution is 2.21. The van der Waals surface area contributed by atoms with Crippen LogP contribution < -0.4 is 15.8 Å². The molecule has 0 fully saturated rings. The summed E-state index contributed by atoms with van der Waals surface area (Å²) in [5, 5.41) is 2.97. The summed E-state index contributed by atoms with van der Waals surface area (Å²) in [6.07, 6.45) is 1.93. The Morgan fingerprint density at radius 2 is 1.90 bits per heavy atom. The molecule has 5 heteroatoms. The largest absolute Gasteiger partial charge is 0.492 e. The minimum absolute atomic E-state index is 0. The topological polar surface area (TPSA) is 64.3 Å². The van der Waals surface area contributed by atoms with Crippen LogP contribution in [0.3, 0.4) is 0 Å². The van der Waals surface area contributed by atoms with Crippen LogP contribution in [0.1, 0.15) is 33.6 Å². The molecule has 0 spiro atoms. The lowest BCUT2D eigenvalue weighted by molar-refractivity contribution is -0.121. The molecule has 0 saturated heterocycles. The molecule has 0 aliphatic carbocycles. The van der Waals surface area contributed by atoms with Gasteiger partial charge in [0.1, 0.15) is 12.4 Å². The summed E-state index contributed by atoms with van der Waals surface area (Å²) in [6, 6.07) is 7.39. The van der Waals surface area contributed by atoms with E-state index in [-0.39, 0.29) is 24.2 Å². The molecule has 1 atom stereocenters. The average molecular weight is 315 g/mol. The Morgan fingerprint density at radius 3 is 2.38 bits per heavy atom. The van der Waals surface area contributed by atoms with Crippen molar-refractivity contribution in [2.45, 2.75) is 33.6 Å². The number of carbonyl (C=O) groups is 1. The second-order valence-electron chi connectivity index (χ2n) is 5.29. The molecule has 0 radical (unpaired) electrons. The van der Waals surface area contributed by atoms with Gasteiger partial charge in [-0.05, 0) is 36.6 Å². The summed E-state index contributed by atoms with van der Waals surface area (Å²) in [7, 11) is 0. The van der Waals surface area contributed by atoms with E-state index in [1.165, 1.54) is 0 Å². The first-order valence-corrected chi connectivity index (χ1v) is 7.32. The lowest BCUT2D eigenvalue weighted by Gasteiger charge is -2.19. The highest BCUT2D eigenvalue weighted by Gasteiger charge is 2.21. The molecule has 1 rings (SSSR count). The van der Waals surface area contributed by atoms with Gasteiger partial charge in [0.15, 0.2) is 0 Å². The number of rotatable bonds is 8. The Labute approximate surface area is 133 Å². The highest BCUT2D eigenvalue weighted by atomic mass is 35.5. The maximum absolute atomic E-state index is 12.2. The predicted molar refractivity (Wildman–Crippen MR) is 90.1 cm³/mol. The van der Waals surface area contributed by atoms with Gasteiger partial charge in [-0.2, -0.15) is 0 Å². The molecule has 0 aliphatic rings. The molecule has 3 N–H and O–H groups in total. The average Bonchev–Trinajstić information content (AvgIpc) is 2.43. The van der Waals surface area contributed by atoms with Gasteiger partial charge >= 0.3 is 0 Å². The van der Waals surface area contributed by atoms with Crippen molar-refractivity contribution in [2.75, 3.05) is 18.5 Å². The molecule has 120 valence electrons. The number of carbonyl (C=O) groups excluding carboxylic acids is 1. The van der Waals surface area contributed by atoms with Crippen LogP contribution in [0, 0.1) is 11.8 Å². The second kappa shape index (κ2) is 10.5. The van der Waals surface area contributed by atoms with Crippen LogP contribution in [0.15, 0.2) is 24.3 Å². The lowest BCUT2D eigenvalue weighted by Crippen LogP contribution is -2.26. The van der Waals surface area contributed by atoms with E-state index in [4.69, 9.17) is 10.5 Å². The number of ether oxygens (including phenoxy) is 1. The highest BCUT2D eigenvalue weighted by molar-refractivity contribution is 5.92. The van der Waals surface area contributed by atoms with Crippen molar-refractivity contribution in [3.63, 3.8) is 0 Å². The van der Waals surface area contributed by atoms with Crippen LogP contribution in [0.5, 0.6) is 5.75 Å². The molecular formula is C16H27ClN2O2. The van der Waals surface area contributed by atoms with E-state index < -0.39 is 0 Å². The van der Waals surface area contributed by atoms with Gasteiger partial charge in [0.05, 0.1) is 0 Å². The van der Waals surface area contributed by atoms with E-state index in [1.807, 2.05) is 24.3 Å². The fourth-order valence-electron chi connectivity index (χ4n) is 2.12. The van der Waals surface area contributed by atoms with Gasteiger partial charge in [-0.3, -0.25) is 4.79 Å². The quantitative estimate of drug-likeness (QED) is 0.772. The van der Waals surface area contributed by atoms with E-state index in [9.17, 15) is 4.79 Å². The van der Waals surface area contributed by atoms with Crippen molar-refractivity contribution in [1.29, 1.82) is 0 Å². The SMILES string of the molecule is CCCC(C(=O)Nc1ccc(OCCN)cc1)C(C)C.Cl. The number of nitrogens with two attached hydrogens (primary N) is 1. The van der Waals surface area contributed by atoms with Gasteiger partial charge in [0.25, 0.3) is 0 Å². The van der Waals surface area contributed by atoms with Crippen LogP contribution in [-0.4, -0.2) is 19.1 Å². The first-order valence-electron chi connectivity index (χ1n) is 7.32. The van der Waals surface area contributed by atoms with Crippen molar-refractivity contribution in [2.24, 2.45) is 17.6 Å². The molecule has 0 saturated carbocycles. The zero-order chi connectivity index (χ0) is 15.0. The minimum Gasteiger partial charge on any atom is -0.492 e. The van der Waals surface area contributed by atoms with E-state index in [0.717, 1.165) is 24.3 Å². The third kappa shape index (κ3) is 6.82. The van der Waals surface area contributed by atoms with E-state index >= 15 is 0 Å². The van der Waals surface area contributed by atoms with E-state index in [0.29, 0.717) is 19.1 Å². The molecule has 0 aliphatic heterocycles. The summed E-state index contributed by atoms with van der Waals surface area (Å²) in [6.45, 7) is 7.27. The van der Waals surface area contributed by atoms with Crippen LogP contribution in [0.4, 0.5) is 5.69 Å². The summed E-state index contributed by atoms with van der Waals surface area (Å²) >= 11 is 0. The Kier molecular flexibility index (Phi) is 9.84. The first kappa shape index (κ1) is 19.7. The molecule has 0 bridgehead atoms. The maximum atomic E-state index is 12.2. The third-order valence-electron chi connectivity index (χ3n) is 3.25. The number of nitrogens with one attached hydrogen (secondary N) is 1. The van der Waals surface area contributed by atoms with E-state index in [1.54, 1.807) is 0 Å². The molecule has 1 aromatic rings. The molecule has 21 heavy (non-hydrogen) atoms. The van der Waals surface area contributed by atoms with Crippen molar-refractivity contribution < 1.29 is 9.53 Å². The number of benzene rings is 1. The number of halogens is 1. The number of amides is 1. The normalized spacial score (nSPS) is 11.7. The predicted octanol–water partition coefficient (Wildman–Crippen LogP) is 3.46. The van der Waals surface area contributed by atoms with Crippen LogP contribution >= 0.6 is 12.4 Å². The van der Waals surface area contributed by atoms with Gasteiger partial charge in [-0.25, -0.2) is 0 Å². The van der Waals surface area contributed by atoms with E-state index in [2.05, 4.69) is 26.1 Å². The summed E-state index contributed by atoms with van der Waals surface area (Å²) in [5.74, 6) is 1.27. The van der Waals surface area contributed by atoms with Gasteiger partial charge in [-0.1, -0.05) is 27.2 Å². The number of anilines is 1.